The lowest BCUT2D eigenvalue weighted by Gasteiger charge is -2.12. The minimum absolute atomic E-state index is 0.185. The Kier molecular flexibility index (Phi) is 2.91. The molecule has 0 bridgehead atoms. The van der Waals surface area contributed by atoms with Gasteiger partial charge >= 0.3 is 0 Å². The number of benzene rings is 1. The number of ketones is 1. The maximum absolute atomic E-state index is 11.6. The molecular weight excluding hydrogens is 287 g/mol. The van der Waals surface area contributed by atoms with Crippen LogP contribution in [0.4, 0.5) is 0 Å². The van der Waals surface area contributed by atoms with Crippen LogP contribution in [0.25, 0.3) is 0 Å². The molecule has 1 atom stereocenters. The van der Waals surface area contributed by atoms with E-state index in [0.717, 1.165) is 19.3 Å². The van der Waals surface area contributed by atoms with E-state index >= 15 is 0 Å². The molecule has 0 N–H and O–H groups in total. The maximum Gasteiger partial charge on any atom is 0.140 e. The molecule has 1 fully saturated rings. The molecule has 0 aliphatic heterocycles. The largest absolute Gasteiger partial charge is 0.299 e. The zero-order valence-corrected chi connectivity index (χ0v) is 10.4. The summed E-state index contributed by atoms with van der Waals surface area (Å²) in [4.78, 5) is 11.6. The van der Waals surface area contributed by atoms with Gasteiger partial charge < -0.3 is 0 Å². The summed E-state index contributed by atoms with van der Waals surface area (Å²) in [6.45, 7) is 2.11. The van der Waals surface area contributed by atoms with Gasteiger partial charge in [0.25, 0.3) is 0 Å². The highest BCUT2D eigenvalue weighted by Crippen LogP contribution is 2.34. The fourth-order valence-electron chi connectivity index (χ4n) is 2.15. The van der Waals surface area contributed by atoms with Crippen LogP contribution in [-0.2, 0) is 4.79 Å². The molecule has 1 unspecified atom stereocenters. The van der Waals surface area contributed by atoms with E-state index < -0.39 is 0 Å². The first-order valence-electron chi connectivity index (χ1n) is 4.98. The molecule has 1 saturated carbocycles. The van der Waals surface area contributed by atoms with E-state index in [2.05, 4.69) is 47.7 Å². The Morgan fingerprint density at radius 2 is 2.21 bits per heavy atom. The zero-order chi connectivity index (χ0) is 10.1. The van der Waals surface area contributed by atoms with Crippen LogP contribution in [0.3, 0.4) is 0 Å². The second kappa shape index (κ2) is 4.01. The van der Waals surface area contributed by atoms with E-state index in [-0.39, 0.29) is 5.92 Å². The number of carbonyl (C=O) groups excluding carboxylic acids is 1. The molecule has 1 aliphatic carbocycles. The molecule has 1 aliphatic rings. The lowest BCUT2D eigenvalue weighted by Crippen LogP contribution is -2.06. The third kappa shape index (κ3) is 1.72. The smallest absolute Gasteiger partial charge is 0.140 e. The number of halogens is 1. The first kappa shape index (κ1) is 10.1. The molecule has 0 aromatic heterocycles. The lowest BCUT2D eigenvalue weighted by molar-refractivity contribution is -0.118. The molecule has 0 radical (unpaired) electrons. The van der Waals surface area contributed by atoms with Gasteiger partial charge in [-0.15, -0.1) is 0 Å². The van der Waals surface area contributed by atoms with Gasteiger partial charge in [-0.3, -0.25) is 4.79 Å². The van der Waals surface area contributed by atoms with E-state index in [9.17, 15) is 4.79 Å². The van der Waals surface area contributed by atoms with Crippen molar-refractivity contribution in [3.8, 4) is 0 Å². The van der Waals surface area contributed by atoms with Crippen molar-refractivity contribution in [1.29, 1.82) is 0 Å². The van der Waals surface area contributed by atoms with Gasteiger partial charge in [0.15, 0.2) is 0 Å². The van der Waals surface area contributed by atoms with E-state index in [0.29, 0.717) is 5.78 Å². The number of rotatable bonds is 1. The predicted molar refractivity (Wildman–Crippen MR) is 65.5 cm³/mol. The fraction of sp³-hybridized carbons (Fsp3) is 0.417. The van der Waals surface area contributed by atoms with E-state index in [1.165, 1.54) is 14.7 Å². The average Bonchev–Trinajstić information content (AvgIpc) is 2.57. The van der Waals surface area contributed by atoms with Crippen molar-refractivity contribution in [2.45, 2.75) is 32.1 Å². The molecule has 14 heavy (non-hydrogen) atoms. The van der Waals surface area contributed by atoms with Gasteiger partial charge in [-0.2, -0.15) is 0 Å². The molecule has 0 amide bonds. The minimum atomic E-state index is 0.185. The highest BCUT2D eigenvalue weighted by atomic mass is 127. The van der Waals surface area contributed by atoms with Crippen LogP contribution < -0.4 is 0 Å². The molecular formula is C12H13IO. The van der Waals surface area contributed by atoms with E-state index in [1.807, 2.05) is 0 Å². The number of hydrogen-bond donors (Lipinski definition) is 0. The van der Waals surface area contributed by atoms with Gasteiger partial charge in [-0.05, 0) is 59.5 Å². The van der Waals surface area contributed by atoms with E-state index in [4.69, 9.17) is 0 Å². The van der Waals surface area contributed by atoms with Gasteiger partial charge in [0.05, 0.1) is 0 Å². The molecule has 2 rings (SSSR count). The molecule has 1 nitrogen and oxygen atoms in total. The van der Waals surface area contributed by atoms with Crippen LogP contribution in [0.2, 0.25) is 0 Å². The maximum atomic E-state index is 11.6. The summed E-state index contributed by atoms with van der Waals surface area (Å²) in [5.41, 5.74) is 2.53. The molecule has 74 valence electrons. The van der Waals surface area contributed by atoms with E-state index in [1.54, 1.807) is 0 Å². The summed E-state index contributed by atoms with van der Waals surface area (Å²) in [7, 11) is 0. The van der Waals surface area contributed by atoms with Crippen LogP contribution in [0.1, 0.15) is 36.3 Å². The highest BCUT2D eigenvalue weighted by molar-refractivity contribution is 14.1. The summed E-state index contributed by atoms with van der Waals surface area (Å²) in [5.74, 6) is 0.611. The van der Waals surface area contributed by atoms with Gasteiger partial charge in [0.1, 0.15) is 5.78 Å². The van der Waals surface area contributed by atoms with Crippen molar-refractivity contribution in [1.82, 2.24) is 0 Å². The van der Waals surface area contributed by atoms with Gasteiger partial charge in [-0.1, -0.05) is 12.1 Å². The molecule has 0 heterocycles. The summed E-state index contributed by atoms with van der Waals surface area (Å²) < 4.78 is 1.26. The standard InChI is InChI=1S/C12H13IO/c1-8-9(4-2-6-11(8)13)10-5-3-7-12(10)14/h2,4,6,10H,3,5,7H2,1H3. The topological polar surface area (TPSA) is 17.1 Å². The van der Waals surface area contributed by atoms with Crippen molar-refractivity contribution in [2.24, 2.45) is 0 Å². The summed E-state index contributed by atoms with van der Waals surface area (Å²) in [6.07, 6.45) is 2.88. The Balaban J connectivity index is 2.41. The summed E-state index contributed by atoms with van der Waals surface area (Å²) >= 11 is 2.33. The first-order valence-corrected chi connectivity index (χ1v) is 6.06. The van der Waals surface area contributed by atoms with Gasteiger partial charge in [0.2, 0.25) is 0 Å². The Morgan fingerprint density at radius 3 is 2.86 bits per heavy atom. The Morgan fingerprint density at radius 1 is 1.43 bits per heavy atom. The third-order valence-electron chi connectivity index (χ3n) is 2.99. The highest BCUT2D eigenvalue weighted by Gasteiger charge is 2.27. The fourth-order valence-corrected chi connectivity index (χ4v) is 2.67. The van der Waals surface area contributed by atoms with Crippen LogP contribution in [0.15, 0.2) is 18.2 Å². The van der Waals surface area contributed by atoms with Crippen molar-refractivity contribution >= 4 is 28.4 Å². The van der Waals surface area contributed by atoms with Crippen molar-refractivity contribution in [2.75, 3.05) is 0 Å². The predicted octanol–water partition coefficient (Wildman–Crippen LogP) is 3.44. The van der Waals surface area contributed by atoms with Crippen LogP contribution in [-0.4, -0.2) is 5.78 Å². The van der Waals surface area contributed by atoms with Gasteiger partial charge in [-0.25, -0.2) is 0 Å². The van der Waals surface area contributed by atoms with Gasteiger partial charge in [0, 0.05) is 15.9 Å². The summed E-state index contributed by atoms with van der Waals surface area (Å²) in [6, 6.07) is 6.25. The number of carbonyl (C=O) groups is 1. The van der Waals surface area contributed by atoms with Crippen molar-refractivity contribution in [3.63, 3.8) is 0 Å². The quantitative estimate of drug-likeness (QED) is 0.726. The van der Waals surface area contributed by atoms with Crippen LogP contribution in [0.5, 0.6) is 0 Å². The second-order valence-electron chi connectivity index (χ2n) is 3.87. The molecule has 1 aromatic rings. The molecule has 0 spiro atoms. The Labute approximate surface area is 98.0 Å². The van der Waals surface area contributed by atoms with Crippen LogP contribution in [0, 0.1) is 10.5 Å². The monoisotopic (exact) mass is 300 g/mol. The SMILES string of the molecule is Cc1c(I)cccc1C1CCCC1=O. The molecule has 0 saturated heterocycles. The number of hydrogen-bond acceptors (Lipinski definition) is 1. The summed E-state index contributed by atoms with van der Waals surface area (Å²) in [5, 5.41) is 0. The van der Waals surface area contributed by atoms with Crippen molar-refractivity contribution in [3.05, 3.63) is 32.9 Å². The molecule has 1 aromatic carbocycles. The van der Waals surface area contributed by atoms with Crippen LogP contribution >= 0.6 is 22.6 Å². The minimum Gasteiger partial charge on any atom is -0.299 e. The molecule has 2 heteroatoms. The zero-order valence-electron chi connectivity index (χ0n) is 8.22. The third-order valence-corrected chi connectivity index (χ3v) is 4.16. The lowest BCUT2D eigenvalue weighted by atomic mass is 9.93. The Hall–Kier alpha value is -0.380. The second-order valence-corrected chi connectivity index (χ2v) is 5.03. The average molecular weight is 300 g/mol. The van der Waals surface area contributed by atoms with Crippen molar-refractivity contribution < 1.29 is 4.79 Å². The Bertz CT molecular complexity index is 371. The first-order chi connectivity index (χ1) is 6.70. The number of Topliss-reactive ketones (excluding diaryl/α,β-unsaturated/α-hetero) is 1. The normalized spacial score (nSPS) is 21.6.